The Morgan fingerprint density at radius 3 is 2.78 bits per heavy atom. The number of aromatic nitrogens is 4. The Bertz CT molecular complexity index is 506. The van der Waals surface area contributed by atoms with Gasteiger partial charge in [0.05, 0.1) is 24.7 Å². The lowest BCUT2D eigenvalue weighted by atomic mass is 10.2. The normalized spacial score (nSPS) is 11.1. The van der Waals surface area contributed by atoms with Crippen molar-refractivity contribution in [3.63, 3.8) is 0 Å². The minimum Gasteiger partial charge on any atom is -0.390 e. The van der Waals surface area contributed by atoms with Gasteiger partial charge in [-0.25, -0.2) is 4.98 Å². The molecule has 0 saturated heterocycles. The molecular weight excluding hydrogens is 248 g/mol. The van der Waals surface area contributed by atoms with E-state index in [1.54, 1.807) is 18.0 Å². The SMILES string of the molecule is Cn1cc(CCCSc2ncc(CO)n2C)cn1. The van der Waals surface area contributed by atoms with Gasteiger partial charge in [0.2, 0.25) is 0 Å². The summed E-state index contributed by atoms with van der Waals surface area (Å²) in [6.07, 6.45) is 7.82. The molecule has 0 amide bonds. The predicted octanol–water partition coefficient (Wildman–Crippen LogP) is 1.37. The fraction of sp³-hybridized carbons (Fsp3) is 0.500. The lowest BCUT2D eigenvalue weighted by Crippen LogP contribution is -1.98. The van der Waals surface area contributed by atoms with Gasteiger partial charge in [-0.1, -0.05) is 11.8 Å². The summed E-state index contributed by atoms with van der Waals surface area (Å²) in [6.45, 7) is 0.0414. The van der Waals surface area contributed by atoms with Crippen LogP contribution < -0.4 is 0 Å². The molecule has 0 bridgehead atoms. The molecule has 0 radical (unpaired) electrons. The van der Waals surface area contributed by atoms with Crippen LogP contribution in [0.1, 0.15) is 17.7 Å². The molecule has 2 heterocycles. The summed E-state index contributed by atoms with van der Waals surface area (Å²) in [4.78, 5) is 4.28. The van der Waals surface area contributed by atoms with Crippen molar-refractivity contribution in [3.8, 4) is 0 Å². The van der Waals surface area contributed by atoms with E-state index < -0.39 is 0 Å². The first kappa shape index (κ1) is 13.2. The Hall–Kier alpha value is -1.27. The highest BCUT2D eigenvalue weighted by atomic mass is 32.2. The zero-order valence-corrected chi connectivity index (χ0v) is 11.5. The summed E-state index contributed by atoms with van der Waals surface area (Å²) in [5.74, 6) is 1.02. The fourth-order valence-electron chi connectivity index (χ4n) is 1.75. The number of thioether (sulfide) groups is 1. The van der Waals surface area contributed by atoms with Crippen LogP contribution in [0, 0.1) is 0 Å². The lowest BCUT2D eigenvalue weighted by Gasteiger charge is -2.03. The van der Waals surface area contributed by atoms with Gasteiger partial charge in [0, 0.05) is 26.0 Å². The van der Waals surface area contributed by atoms with Gasteiger partial charge < -0.3 is 9.67 Å². The van der Waals surface area contributed by atoms with E-state index in [1.807, 2.05) is 29.5 Å². The van der Waals surface area contributed by atoms with Gasteiger partial charge >= 0.3 is 0 Å². The quantitative estimate of drug-likeness (QED) is 0.634. The molecule has 2 aromatic rings. The van der Waals surface area contributed by atoms with E-state index >= 15 is 0 Å². The molecule has 2 rings (SSSR count). The standard InChI is InChI=1S/C12H18N4OS/c1-15-8-10(6-14-15)4-3-5-18-12-13-7-11(9-17)16(12)2/h6-8,17H,3-5,9H2,1-2H3. The zero-order chi connectivity index (χ0) is 13.0. The maximum absolute atomic E-state index is 9.07. The first-order chi connectivity index (χ1) is 8.70. The maximum Gasteiger partial charge on any atom is 0.167 e. The monoisotopic (exact) mass is 266 g/mol. The van der Waals surface area contributed by atoms with E-state index in [0.717, 1.165) is 29.4 Å². The molecule has 1 N–H and O–H groups in total. The topological polar surface area (TPSA) is 55.9 Å². The number of aliphatic hydroxyl groups excluding tert-OH is 1. The number of aryl methyl sites for hydroxylation is 2. The molecule has 0 aliphatic carbocycles. The van der Waals surface area contributed by atoms with Gasteiger partial charge in [-0.05, 0) is 18.4 Å². The van der Waals surface area contributed by atoms with Crippen molar-refractivity contribution in [2.24, 2.45) is 14.1 Å². The summed E-state index contributed by atoms with van der Waals surface area (Å²) in [6, 6.07) is 0. The van der Waals surface area contributed by atoms with Crippen LogP contribution in [0.25, 0.3) is 0 Å². The summed E-state index contributed by atoms with van der Waals surface area (Å²) in [7, 11) is 3.87. The first-order valence-corrected chi connectivity index (χ1v) is 6.91. The molecule has 0 atom stereocenters. The van der Waals surface area contributed by atoms with Gasteiger partial charge in [-0.3, -0.25) is 4.68 Å². The van der Waals surface area contributed by atoms with E-state index in [-0.39, 0.29) is 6.61 Å². The van der Waals surface area contributed by atoms with Gasteiger partial charge in [0.1, 0.15) is 0 Å². The summed E-state index contributed by atoms with van der Waals surface area (Å²) in [5, 5.41) is 14.2. The molecule has 0 spiro atoms. The minimum absolute atomic E-state index is 0.0414. The number of hydrogen-bond acceptors (Lipinski definition) is 4. The average Bonchev–Trinajstić information content (AvgIpc) is 2.92. The molecule has 0 aliphatic rings. The van der Waals surface area contributed by atoms with E-state index in [9.17, 15) is 0 Å². The number of hydrogen-bond donors (Lipinski definition) is 1. The molecule has 18 heavy (non-hydrogen) atoms. The Kier molecular flexibility index (Phi) is 4.43. The fourth-order valence-corrected chi connectivity index (χ4v) is 2.66. The predicted molar refractivity (Wildman–Crippen MR) is 71.4 cm³/mol. The molecule has 0 aliphatic heterocycles. The molecule has 2 aromatic heterocycles. The van der Waals surface area contributed by atoms with Crippen LogP contribution in [0.3, 0.4) is 0 Å². The highest BCUT2D eigenvalue weighted by Crippen LogP contribution is 2.18. The summed E-state index contributed by atoms with van der Waals surface area (Å²) < 4.78 is 3.77. The second kappa shape index (κ2) is 6.06. The van der Waals surface area contributed by atoms with E-state index in [1.165, 1.54) is 5.56 Å². The highest BCUT2D eigenvalue weighted by molar-refractivity contribution is 7.99. The van der Waals surface area contributed by atoms with Crippen molar-refractivity contribution in [3.05, 3.63) is 29.8 Å². The smallest absolute Gasteiger partial charge is 0.167 e. The van der Waals surface area contributed by atoms with Crippen molar-refractivity contribution < 1.29 is 5.11 Å². The number of nitrogens with zero attached hydrogens (tertiary/aromatic N) is 4. The molecule has 98 valence electrons. The largest absolute Gasteiger partial charge is 0.390 e. The van der Waals surface area contributed by atoms with E-state index in [2.05, 4.69) is 16.3 Å². The third kappa shape index (κ3) is 3.14. The number of rotatable bonds is 6. The van der Waals surface area contributed by atoms with Crippen molar-refractivity contribution in [2.45, 2.75) is 24.6 Å². The number of aliphatic hydroxyl groups is 1. The van der Waals surface area contributed by atoms with Crippen LogP contribution in [-0.4, -0.2) is 30.2 Å². The molecule has 0 unspecified atom stereocenters. The van der Waals surface area contributed by atoms with Gasteiger partial charge in [-0.2, -0.15) is 5.10 Å². The maximum atomic E-state index is 9.07. The van der Waals surface area contributed by atoms with E-state index in [0.29, 0.717) is 0 Å². The molecular formula is C12H18N4OS. The highest BCUT2D eigenvalue weighted by Gasteiger charge is 2.05. The summed E-state index contributed by atoms with van der Waals surface area (Å²) in [5.41, 5.74) is 2.12. The van der Waals surface area contributed by atoms with Crippen LogP contribution in [0.2, 0.25) is 0 Å². The van der Waals surface area contributed by atoms with Crippen molar-refractivity contribution in [1.29, 1.82) is 0 Å². The van der Waals surface area contributed by atoms with Crippen LogP contribution in [0.5, 0.6) is 0 Å². The lowest BCUT2D eigenvalue weighted by molar-refractivity contribution is 0.271. The number of imidazole rings is 1. The van der Waals surface area contributed by atoms with Crippen LogP contribution in [0.15, 0.2) is 23.7 Å². The zero-order valence-electron chi connectivity index (χ0n) is 10.7. The molecule has 0 saturated carbocycles. The van der Waals surface area contributed by atoms with Crippen molar-refractivity contribution >= 4 is 11.8 Å². The second-order valence-electron chi connectivity index (χ2n) is 4.22. The second-order valence-corrected chi connectivity index (χ2v) is 5.29. The molecule has 0 aromatic carbocycles. The summed E-state index contributed by atoms with van der Waals surface area (Å²) >= 11 is 1.72. The molecule has 6 heteroatoms. The minimum atomic E-state index is 0.0414. The Labute approximate surface area is 111 Å². The average molecular weight is 266 g/mol. The van der Waals surface area contributed by atoms with Crippen molar-refractivity contribution in [1.82, 2.24) is 19.3 Å². The molecule has 5 nitrogen and oxygen atoms in total. The van der Waals surface area contributed by atoms with Crippen LogP contribution >= 0.6 is 11.8 Å². The molecule has 0 fully saturated rings. The van der Waals surface area contributed by atoms with Gasteiger partial charge in [0.15, 0.2) is 5.16 Å². The third-order valence-electron chi connectivity index (χ3n) is 2.80. The van der Waals surface area contributed by atoms with Crippen molar-refractivity contribution in [2.75, 3.05) is 5.75 Å². The van der Waals surface area contributed by atoms with Crippen LogP contribution in [0.4, 0.5) is 0 Å². The Morgan fingerprint density at radius 2 is 2.17 bits per heavy atom. The Morgan fingerprint density at radius 1 is 1.33 bits per heavy atom. The van der Waals surface area contributed by atoms with Gasteiger partial charge in [-0.15, -0.1) is 0 Å². The Balaban J connectivity index is 1.76. The first-order valence-electron chi connectivity index (χ1n) is 5.92. The van der Waals surface area contributed by atoms with E-state index in [4.69, 9.17) is 5.11 Å². The van der Waals surface area contributed by atoms with Gasteiger partial charge in [0.25, 0.3) is 0 Å². The van der Waals surface area contributed by atoms with Crippen LogP contribution in [-0.2, 0) is 27.1 Å². The third-order valence-corrected chi connectivity index (χ3v) is 3.93.